The smallest absolute Gasteiger partial charge is 0.261 e. The Labute approximate surface area is 170 Å². The molecule has 0 spiro atoms. The second-order valence-corrected chi connectivity index (χ2v) is 8.16. The van der Waals surface area contributed by atoms with Crippen LogP contribution in [0.1, 0.15) is 21.5 Å². The maximum Gasteiger partial charge on any atom is 0.261 e. The molecule has 9 heteroatoms. The maximum atomic E-state index is 12.7. The highest BCUT2D eigenvalue weighted by Crippen LogP contribution is 2.19. The molecule has 0 saturated carbocycles. The standard InChI is InChI=1S/C20H25N3O5S/c1-14-4-7-16(8-5-14)23-29(26,27)17-9-6-15(2)18(12-17)20(25)22-13-19(24)21-10-11-28-3/h4-9,12,23H,10-11,13H2,1-3H3,(H,21,24)(H,22,25). The molecule has 0 unspecified atom stereocenters. The Balaban J connectivity index is 2.10. The summed E-state index contributed by atoms with van der Waals surface area (Å²) in [5.74, 6) is -0.894. The van der Waals surface area contributed by atoms with Gasteiger partial charge in [-0.25, -0.2) is 8.42 Å². The Hall–Kier alpha value is -2.91. The van der Waals surface area contributed by atoms with Crippen LogP contribution >= 0.6 is 0 Å². The number of hydrogen-bond acceptors (Lipinski definition) is 5. The summed E-state index contributed by atoms with van der Waals surface area (Å²) in [6.07, 6.45) is 0. The molecule has 0 fully saturated rings. The van der Waals surface area contributed by atoms with Crippen LogP contribution in [-0.4, -0.2) is 47.0 Å². The van der Waals surface area contributed by atoms with Gasteiger partial charge in [-0.1, -0.05) is 23.8 Å². The van der Waals surface area contributed by atoms with Crippen molar-refractivity contribution in [1.82, 2.24) is 10.6 Å². The summed E-state index contributed by atoms with van der Waals surface area (Å²) in [5, 5.41) is 5.08. The van der Waals surface area contributed by atoms with Crippen molar-refractivity contribution in [1.29, 1.82) is 0 Å². The van der Waals surface area contributed by atoms with Gasteiger partial charge in [0.25, 0.3) is 15.9 Å². The van der Waals surface area contributed by atoms with Crippen LogP contribution in [0.25, 0.3) is 0 Å². The Morgan fingerprint density at radius 3 is 2.34 bits per heavy atom. The third-order valence-corrected chi connectivity index (χ3v) is 5.48. The van der Waals surface area contributed by atoms with E-state index in [2.05, 4.69) is 15.4 Å². The highest BCUT2D eigenvalue weighted by Gasteiger charge is 2.18. The lowest BCUT2D eigenvalue weighted by Gasteiger charge is -2.12. The fourth-order valence-electron chi connectivity index (χ4n) is 2.46. The summed E-state index contributed by atoms with van der Waals surface area (Å²) in [6.45, 7) is 4.08. The number of amides is 2. The first-order valence-corrected chi connectivity index (χ1v) is 10.4. The van der Waals surface area contributed by atoms with Gasteiger partial charge in [0.05, 0.1) is 18.0 Å². The van der Waals surface area contributed by atoms with Gasteiger partial charge in [-0.15, -0.1) is 0 Å². The molecule has 2 aromatic carbocycles. The first kappa shape index (κ1) is 22.4. The Kier molecular flexibility index (Phi) is 7.74. The van der Waals surface area contributed by atoms with Crippen LogP contribution in [0.15, 0.2) is 47.4 Å². The van der Waals surface area contributed by atoms with E-state index < -0.39 is 15.9 Å². The van der Waals surface area contributed by atoms with E-state index in [0.29, 0.717) is 24.4 Å². The zero-order valence-corrected chi connectivity index (χ0v) is 17.4. The van der Waals surface area contributed by atoms with Gasteiger partial charge < -0.3 is 15.4 Å². The van der Waals surface area contributed by atoms with Crippen molar-refractivity contribution in [3.8, 4) is 0 Å². The first-order chi connectivity index (χ1) is 13.7. The Morgan fingerprint density at radius 2 is 1.69 bits per heavy atom. The van der Waals surface area contributed by atoms with Gasteiger partial charge in [-0.2, -0.15) is 0 Å². The third-order valence-electron chi connectivity index (χ3n) is 4.11. The lowest BCUT2D eigenvalue weighted by Crippen LogP contribution is -2.38. The predicted octanol–water partition coefficient (Wildman–Crippen LogP) is 1.60. The summed E-state index contributed by atoms with van der Waals surface area (Å²) < 4.78 is 32.7. The number of nitrogens with one attached hydrogen (secondary N) is 3. The van der Waals surface area contributed by atoms with Crippen molar-refractivity contribution in [3.05, 3.63) is 59.2 Å². The van der Waals surface area contributed by atoms with E-state index in [9.17, 15) is 18.0 Å². The largest absolute Gasteiger partial charge is 0.383 e. The van der Waals surface area contributed by atoms with Crippen molar-refractivity contribution in [2.24, 2.45) is 0 Å². The van der Waals surface area contributed by atoms with Crippen LogP contribution in [0.5, 0.6) is 0 Å². The number of benzene rings is 2. The van der Waals surface area contributed by atoms with Gasteiger partial charge in [0.2, 0.25) is 5.91 Å². The van der Waals surface area contributed by atoms with Gasteiger partial charge in [0.1, 0.15) is 0 Å². The monoisotopic (exact) mass is 419 g/mol. The molecule has 0 heterocycles. The van der Waals surface area contributed by atoms with Crippen molar-refractivity contribution in [2.45, 2.75) is 18.7 Å². The van der Waals surface area contributed by atoms with E-state index in [1.165, 1.54) is 19.2 Å². The number of aryl methyl sites for hydroxylation is 2. The zero-order chi connectivity index (χ0) is 21.4. The zero-order valence-electron chi connectivity index (χ0n) is 16.6. The van der Waals surface area contributed by atoms with Crippen LogP contribution < -0.4 is 15.4 Å². The minimum atomic E-state index is -3.87. The summed E-state index contributed by atoms with van der Waals surface area (Å²) in [7, 11) is -2.35. The van der Waals surface area contributed by atoms with E-state index >= 15 is 0 Å². The number of carbonyl (C=O) groups is 2. The molecule has 2 amide bonds. The van der Waals surface area contributed by atoms with Crippen molar-refractivity contribution >= 4 is 27.5 Å². The highest BCUT2D eigenvalue weighted by atomic mass is 32.2. The lowest BCUT2D eigenvalue weighted by atomic mass is 10.1. The molecule has 0 aliphatic rings. The van der Waals surface area contributed by atoms with Crippen LogP contribution in [0, 0.1) is 13.8 Å². The summed E-state index contributed by atoms with van der Waals surface area (Å²) in [4.78, 5) is 24.1. The van der Waals surface area contributed by atoms with Crippen molar-refractivity contribution < 1.29 is 22.7 Å². The molecule has 29 heavy (non-hydrogen) atoms. The molecule has 0 bridgehead atoms. The number of rotatable bonds is 9. The number of sulfonamides is 1. The average Bonchev–Trinajstić information content (AvgIpc) is 2.68. The van der Waals surface area contributed by atoms with Crippen LogP contribution in [0.3, 0.4) is 0 Å². The predicted molar refractivity (Wildman–Crippen MR) is 110 cm³/mol. The fraction of sp³-hybridized carbons (Fsp3) is 0.300. The summed E-state index contributed by atoms with van der Waals surface area (Å²) in [6, 6.07) is 11.2. The number of carbonyl (C=O) groups excluding carboxylic acids is 2. The van der Waals surface area contributed by atoms with E-state index in [-0.39, 0.29) is 22.9 Å². The highest BCUT2D eigenvalue weighted by molar-refractivity contribution is 7.92. The normalized spacial score (nSPS) is 11.0. The second-order valence-electron chi connectivity index (χ2n) is 6.47. The molecule has 0 aliphatic carbocycles. The molecule has 0 aromatic heterocycles. The molecular weight excluding hydrogens is 394 g/mol. The lowest BCUT2D eigenvalue weighted by molar-refractivity contribution is -0.120. The van der Waals surface area contributed by atoms with E-state index in [4.69, 9.17) is 4.74 Å². The van der Waals surface area contributed by atoms with E-state index in [1.54, 1.807) is 37.3 Å². The molecule has 0 atom stereocenters. The van der Waals surface area contributed by atoms with Crippen molar-refractivity contribution in [2.75, 3.05) is 31.5 Å². The molecular formula is C20H25N3O5S. The number of hydrogen-bond donors (Lipinski definition) is 3. The van der Waals surface area contributed by atoms with Crippen LogP contribution in [-0.2, 0) is 19.6 Å². The minimum Gasteiger partial charge on any atom is -0.383 e. The van der Waals surface area contributed by atoms with Gasteiger partial charge in [0.15, 0.2) is 0 Å². The first-order valence-electron chi connectivity index (χ1n) is 8.97. The topological polar surface area (TPSA) is 114 Å². The Bertz CT molecular complexity index is 972. The van der Waals surface area contributed by atoms with Crippen LogP contribution in [0.4, 0.5) is 5.69 Å². The maximum absolute atomic E-state index is 12.7. The number of anilines is 1. The molecule has 2 aromatic rings. The molecule has 156 valence electrons. The van der Waals surface area contributed by atoms with E-state index in [0.717, 1.165) is 5.56 Å². The third kappa shape index (κ3) is 6.58. The average molecular weight is 420 g/mol. The number of methoxy groups -OCH3 is 1. The summed E-state index contributed by atoms with van der Waals surface area (Å²) in [5.41, 5.74) is 2.21. The van der Waals surface area contributed by atoms with Gasteiger partial charge >= 0.3 is 0 Å². The minimum absolute atomic E-state index is 0.0432. The molecule has 2 rings (SSSR count). The van der Waals surface area contributed by atoms with E-state index in [1.807, 2.05) is 6.92 Å². The van der Waals surface area contributed by atoms with Gasteiger partial charge in [-0.3, -0.25) is 14.3 Å². The van der Waals surface area contributed by atoms with Gasteiger partial charge in [0, 0.05) is 24.9 Å². The van der Waals surface area contributed by atoms with Crippen LogP contribution in [0.2, 0.25) is 0 Å². The molecule has 0 aliphatic heterocycles. The fourth-order valence-corrected chi connectivity index (χ4v) is 3.54. The molecule has 0 saturated heterocycles. The van der Waals surface area contributed by atoms with Crippen molar-refractivity contribution in [3.63, 3.8) is 0 Å². The summed E-state index contributed by atoms with van der Waals surface area (Å²) >= 11 is 0. The quantitative estimate of drug-likeness (QED) is 0.534. The number of ether oxygens (including phenoxy) is 1. The second kappa shape index (κ2) is 10.0. The molecule has 0 radical (unpaired) electrons. The molecule has 3 N–H and O–H groups in total. The Morgan fingerprint density at radius 1 is 1.00 bits per heavy atom. The molecule has 8 nitrogen and oxygen atoms in total. The SMILES string of the molecule is COCCNC(=O)CNC(=O)c1cc(S(=O)(=O)Nc2ccc(C)cc2)ccc1C. The van der Waals surface area contributed by atoms with Gasteiger partial charge in [-0.05, 0) is 43.7 Å².